The predicted octanol–water partition coefficient (Wildman–Crippen LogP) is 2.42. The molecule has 0 amide bonds. The lowest BCUT2D eigenvalue weighted by Crippen LogP contribution is -2.70. The summed E-state index contributed by atoms with van der Waals surface area (Å²) in [5, 5.41) is 10.8. The van der Waals surface area contributed by atoms with Gasteiger partial charge in [-0.1, -0.05) is 26.0 Å². The molecule has 1 aliphatic heterocycles. The summed E-state index contributed by atoms with van der Waals surface area (Å²) in [5.41, 5.74) is -0.0168. The van der Waals surface area contributed by atoms with Gasteiger partial charge in [-0.25, -0.2) is 8.42 Å². The first-order valence-corrected chi connectivity index (χ1v) is 9.45. The van der Waals surface area contributed by atoms with Gasteiger partial charge in [-0.3, -0.25) is 4.90 Å². The fourth-order valence-corrected chi connectivity index (χ4v) is 3.61. The molecule has 4 nitrogen and oxygen atoms in total. The largest absolute Gasteiger partial charge is 0.384 e. The second-order valence-electron chi connectivity index (χ2n) is 7.87. The summed E-state index contributed by atoms with van der Waals surface area (Å²) in [6, 6.07) is 6.53. The Morgan fingerprint density at radius 1 is 1.18 bits per heavy atom. The molecule has 1 atom stereocenters. The van der Waals surface area contributed by atoms with E-state index >= 15 is 0 Å². The van der Waals surface area contributed by atoms with E-state index in [9.17, 15) is 13.5 Å². The summed E-state index contributed by atoms with van der Waals surface area (Å²) in [4.78, 5) is 2.55. The molecule has 1 fully saturated rings. The number of rotatable bonds is 4. The van der Waals surface area contributed by atoms with Crippen molar-refractivity contribution in [3.8, 4) is 0 Å². The van der Waals surface area contributed by atoms with Crippen LogP contribution in [0.3, 0.4) is 0 Å². The maximum atomic E-state index is 11.5. The highest BCUT2D eigenvalue weighted by Crippen LogP contribution is 2.47. The van der Waals surface area contributed by atoms with E-state index in [0.29, 0.717) is 6.54 Å². The normalized spacial score (nSPS) is 23.6. The third-order valence-electron chi connectivity index (χ3n) is 5.44. The molecular weight excluding hydrogens is 298 g/mol. The first kappa shape index (κ1) is 17.4. The van der Waals surface area contributed by atoms with Crippen molar-refractivity contribution in [1.29, 1.82) is 0 Å². The van der Waals surface area contributed by atoms with Crippen LogP contribution < -0.4 is 0 Å². The van der Waals surface area contributed by atoms with Gasteiger partial charge in [-0.2, -0.15) is 0 Å². The van der Waals surface area contributed by atoms with E-state index in [2.05, 4.69) is 32.6 Å². The first-order chi connectivity index (χ1) is 9.77. The zero-order chi connectivity index (χ0) is 17.0. The van der Waals surface area contributed by atoms with E-state index in [0.717, 1.165) is 12.1 Å². The van der Waals surface area contributed by atoms with Gasteiger partial charge in [0, 0.05) is 24.9 Å². The monoisotopic (exact) mass is 325 g/mol. The van der Waals surface area contributed by atoms with Crippen molar-refractivity contribution in [2.75, 3.05) is 19.3 Å². The lowest BCUT2D eigenvalue weighted by molar-refractivity contribution is -0.149. The van der Waals surface area contributed by atoms with Crippen molar-refractivity contribution in [1.82, 2.24) is 4.90 Å². The molecule has 22 heavy (non-hydrogen) atoms. The topological polar surface area (TPSA) is 57.6 Å². The van der Waals surface area contributed by atoms with Crippen LogP contribution in [-0.4, -0.2) is 43.3 Å². The van der Waals surface area contributed by atoms with Crippen LogP contribution in [0.15, 0.2) is 29.2 Å². The number of nitrogens with zero attached hydrogens (tertiary/aromatic N) is 1. The molecule has 1 saturated heterocycles. The molecule has 1 heterocycles. The minimum Gasteiger partial charge on any atom is -0.384 e. The summed E-state index contributed by atoms with van der Waals surface area (Å²) in [5.74, 6) is 0. The van der Waals surface area contributed by atoms with Crippen molar-refractivity contribution in [3.05, 3.63) is 29.8 Å². The van der Waals surface area contributed by atoms with Gasteiger partial charge in [0.25, 0.3) is 0 Å². The minimum absolute atomic E-state index is 0.0314. The van der Waals surface area contributed by atoms with E-state index in [-0.39, 0.29) is 15.8 Å². The van der Waals surface area contributed by atoms with E-state index in [1.807, 2.05) is 0 Å². The van der Waals surface area contributed by atoms with Crippen molar-refractivity contribution < 1.29 is 13.5 Å². The fraction of sp³-hybridized carbons (Fsp3) is 0.647. The van der Waals surface area contributed by atoms with Crippen molar-refractivity contribution in [3.63, 3.8) is 0 Å². The Bertz CT molecular complexity index is 658. The fourth-order valence-electron chi connectivity index (χ4n) is 2.98. The highest BCUT2D eigenvalue weighted by molar-refractivity contribution is 7.90. The summed E-state index contributed by atoms with van der Waals surface area (Å²) >= 11 is 0. The second kappa shape index (κ2) is 5.05. The molecule has 1 aliphatic rings. The van der Waals surface area contributed by atoms with E-state index in [1.54, 1.807) is 31.2 Å². The highest BCUT2D eigenvalue weighted by atomic mass is 32.2. The Morgan fingerprint density at radius 3 is 2.05 bits per heavy atom. The van der Waals surface area contributed by atoms with Crippen molar-refractivity contribution >= 4 is 9.84 Å². The predicted molar refractivity (Wildman–Crippen MR) is 88.6 cm³/mol. The smallest absolute Gasteiger partial charge is 0.175 e. The maximum Gasteiger partial charge on any atom is 0.175 e. The number of sulfone groups is 1. The molecule has 0 aromatic heterocycles. The molecular formula is C17H27NO3S. The molecule has 0 radical (unpaired) electrons. The molecule has 0 bridgehead atoms. The number of likely N-dealkylation sites (tertiary alicyclic amines) is 1. The van der Waals surface area contributed by atoms with Gasteiger partial charge in [0.15, 0.2) is 9.84 Å². The van der Waals surface area contributed by atoms with Crippen LogP contribution in [0, 0.1) is 5.41 Å². The first-order valence-electron chi connectivity index (χ1n) is 7.55. The van der Waals surface area contributed by atoms with Gasteiger partial charge in [-0.05, 0) is 43.9 Å². The van der Waals surface area contributed by atoms with Crippen LogP contribution in [0.4, 0.5) is 0 Å². The molecule has 5 heteroatoms. The van der Waals surface area contributed by atoms with Crippen LogP contribution in [-0.2, 0) is 15.4 Å². The molecule has 0 saturated carbocycles. The molecule has 1 N–H and O–H groups in total. The standard InChI is InChI=1S/C17H27NO3S/c1-15(2)11-18(16(15,3)4)12-17(5,19)13-7-9-14(10-8-13)22(6,20)21/h7-10,19H,11-12H2,1-6H3. The number of aliphatic hydroxyl groups is 1. The second-order valence-corrected chi connectivity index (χ2v) is 9.89. The quantitative estimate of drug-likeness (QED) is 0.923. The Labute approximate surface area is 134 Å². The number of hydrogen-bond acceptors (Lipinski definition) is 4. The summed E-state index contributed by atoms with van der Waals surface area (Å²) in [6.07, 6.45) is 1.19. The summed E-state index contributed by atoms with van der Waals surface area (Å²) in [7, 11) is -3.21. The van der Waals surface area contributed by atoms with Crippen LogP contribution in [0.5, 0.6) is 0 Å². The number of hydrogen-bond donors (Lipinski definition) is 1. The Hall–Kier alpha value is -0.910. The third kappa shape index (κ3) is 2.94. The minimum atomic E-state index is -3.21. The average molecular weight is 325 g/mol. The molecule has 1 aromatic rings. The van der Waals surface area contributed by atoms with E-state index in [1.165, 1.54) is 6.26 Å². The van der Waals surface area contributed by atoms with Gasteiger partial charge >= 0.3 is 0 Å². The zero-order valence-corrected chi connectivity index (χ0v) is 15.2. The highest BCUT2D eigenvalue weighted by Gasteiger charge is 2.53. The SMILES string of the molecule is CC(O)(CN1CC(C)(C)C1(C)C)c1ccc(S(C)(=O)=O)cc1. The Balaban J connectivity index is 2.18. The van der Waals surface area contributed by atoms with Crippen LogP contribution >= 0.6 is 0 Å². The molecule has 1 aromatic carbocycles. The van der Waals surface area contributed by atoms with Crippen LogP contribution in [0.1, 0.15) is 40.2 Å². The van der Waals surface area contributed by atoms with Crippen molar-refractivity contribution in [2.24, 2.45) is 5.41 Å². The van der Waals surface area contributed by atoms with Gasteiger partial charge in [-0.15, -0.1) is 0 Å². The van der Waals surface area contributed by atoms with Crippen molar-refractivity contribution in [2.45, 2.75) is 50.7 Å². The lowest BCUT2D eigenvalue weighted by atomic mass is 9.65. The van der Waals surface area contributed by atoms with Gasteiger partial charge in [0.1, 0.15) is 0 Å². The van der Waals surface area contributed by atoms with Crippen LogP contribution in [0.25, 0.3) is 0 Å². The number of benzene rings is 1. The maximum absolute atomic E-state index is 11.5. The van der Waals surface area contributed by atoms with E-state index in [4.69, 9.17) is 0 Å². The van der Waals surface area contributed by atoms with Gasteiger partial charge in [0.05, 0.1) is 10.5 Å². The Morgan fingerprint density at radius 2 is 1.68 bits per heavy atom. The molecule has 0 aliphatic carbocycles. The average Bonchev–Trinajstić information content (AvgIpc) is 2.36. The van der Waals surface area contributed by atoms with Gasteiger partial charge < -0.3 is 5.11 Å². The number of β-amino-alcohol motifs (C(OH)–C–C–N with tert-alkyl or cyclic N) is 1. The molecule has 1 unspecified atom stereocenters. The molecule has 124 valence electrons. The molecule has 0 spiro atoms. The summed E-state index contributed by atoms with van der Waals surface area (Å²) < 4.78 is 23.0. The van der Waals surface area contributed by atoms with Gasteiger partial charge in [0.2, 0.25) is 0 Å². The Kier molecular flexibility index (Phi) is 4.00. The van der Waals surface area contributed by atoms with E-state index < -0.39 is 15.4 Å². The third-order valence-corrected chi connectivity index (χ3v) is 6.56. The summed E-state index contributed by atoms with van der Waals surface area (Å²) in [6.45, 7) is 12.1. The molecule has 2 rings (SSSR count). The van der Waals surface area contributed by atoms with Crippen LogP contribution in [0.2, 0.25) is 0 Å². The zero-order valence-electron chi connectivity index (χ0n) is 14.3. The lowest BCUT2D eigenvalue weighted by Gasteiger charge is -2.62.